The lowest BCUT2D eigenvalue weighted by molar-refractivity contribution is -0.0224. The van der Waals surface area contributed by atoms with Crippen LogP contribution < -0.4 is 11.3 Å². The first kappa shape index (κ1) is 15.3. The second-order valence-corrected chi connectivity index (χ2v) is 5.53. The fourth-order valence-corrected chi connectivity index (χ4v) is 3.03. The lowest BCUT2D eigenvalue weighted by Crippen LogP contribution is -2.32. The van der Waals surface area contributed by atoms with Gasteiger partial charge in [0, 0.05) is 12.6 Å². The normalized spacial score (nSPS) is 28.6. The summed E-state index contributed by atoms with van der Waals surface area (Å²) in [7, 11) is 1.56. The molecule has 1 fully saturated rings. The van der Waals surface area contributed by atoms with Gasteiger partial charge in [-0.05, 0) is 0 Å². The summed E-state index contributed by atoms with van der Waals surface area (Å²) in [5, 5.41) is 29.3. The third-order valence-corrected chi connectivity index (χ3v) is 4.30. The van der Waals surface area contributed by atoms with Gasteiger partial charge < -0.3 is 30.4 Å². The van der Waals surface area contributed by atoms with E-state index in [0.29, 0.717) is 0 Å². The summed E-state index contributed by atoms with van der Waals surface area (Å²) in [6.45, 7) is -0.465. The first-order valence-corrected chi connectivity index (χ1v) is 6.90. The highest BCUT2D eigenvalue weighted by atomic mass is 35.5. The van der Waals surface area contributed by atoms with Gasteiger partial charge in [-0.25, -0.2) is 4.98 Å². The number of aliphatic hydroxyl groups excluding tert-OH is 3. The van der Waals surface area contributed by atoms with Crippen LogP contribution in [0, 0.1) is 0 Å². The maximum absolute atomic E-state index is 12.0. The predicted octanol–water partition coefficient (Wildman–Crippen LogP) is -1.35. The number of nitrogens with zero attached hydrogens (tertiary/aromatic N) is 2. The molecule has 0 aliphatic carbocycles. The third-order valence-electron chi connectivity index (χ3n) is 3.85. The van der Waals surface area contributed by atoms with Gasteiger partial charge in [0.05, 0.1) is 6.61 Å². The van der Waals surface area contributed by atoms with Gasteiger partial charge in [0.15, 0.2) is 0 Å². The molecule has 6 N–H and O–H groups in total. The van der Waals surface area contributed by atoms with Gasteiger partial charge in [0.1, 0.15) is 40.6 Å². The zero-order valence-corrected chi connectivity index (χ0v) is 12.3. The van der Waals surface area contributed by atoms with E-state index in [9.17, 15) is 15.0 Å². The number of H-pyrrole nitrogens is 1. The first-order chi connectivity index (χ1) is 10.4. The number of aliphatic hydroxyl groups is 3. The lowest BCUT2D eigenvalue weighted by Gasteiger charge is -2.14. The number of hydrogen-bond donors (Lipinski definition) is 5. The van der Waals surface area contributed by atoms with E-state index in [1.165, 1.54) is 4.57 Å². The van der Waals surface area contributed by atoms with E-state index in [0.717, 1.165) is 0 Å². The highest BCUT2D eigenvalue weighted by molar-refractivity contribution is 6.32. The van der Waals surface area contributed by atoms with Crippen LogP contribution in [0.4, 0.5) is 5.95 Å². The second kappa shape index (κ2) is 5.21. The molecule has 0 unspecified atom stereocenters. The van der Waals surface area contributed by atoms with Crippen LogP contribution in [0.25, 0.3) is 11.0 Å². The molecule has 2 aromatic rings. The van der Waals surface area contributed by atoms with Crippen LogP contribution in [0.5, 0.6) is 0 Å². The van der Waals surface area contributed by atoms with Gasteiger partial charge in [-0.1, -0.05) is 11.6 Å². The zero-order chi connectivity index (χ0) is 16.2. The van der Waals surface area contributed by atoms with Crippen molar-refractivity contribution >= 4 is 28.6 Å². The smallest absolute Gasteiger partial charge is 0.276 e. The molecule has 0 aromatic carbocycles. The Morgan fingerprint density at radius 1 is 1.45 bits per heavy atom. The summed E-state index contributed by atoms with van der Waals surface area (Å²) >= 11 is 6.24. The largest absolute Gasteiger partial charge is 0.394 e. The molecule has 4 atom stereocenters. The number of fused-ring (bicyclic) bond motifs is 1. The van der Waals surface area contributed by atoms with Crippen molar-refractivity contribution < 1.29 is 20.1 Å². The topological polar surface area (TPSA) is 147 Å². The summed E-state index contributed by atoms with van der Waals surface area (Å²) in [5.41, 5.74) is 5.68. The molecule has 0 bridgehead atoms. The van der Waals surface area contributed by atoms with Crippen molar-refractivity contribution in [3.8, 4) is 0 Å². The Labute approximate surface area is 128 Å². The van der Waals surface area contributed by atoms with E-state index in [4.69, 9.17) is 27.2 Å². The molecule has 0 radical (unpaired) electrons. The monoisotopic (exact) mass is 330 g/mol. The quantitative estimate of drug-likeness (QED) is 0.457. The van der Waals surface area contributed by atoms with Gasteiger partial charge in [-0.2, -0.15) is 0 Å². The average molecular weight is 331 g/mol. The number of halogens is 1. The Kier molecular flexibility index (Phi) is 3.62. The molecule has 1 aliphatic heterocycles. The summed E-state index contributed by atoms with van der Waals surface area (Å²) in [6.07, 6.45) is -4.58. The highest BCUT2D eigenvalue weighted by Gasteiger charge is 2.45. The number of nitrogens with one attached hydrogen (secondary N) is 1. The molecule has 0 spiro atoms. The maximum Gasteiger partial charge on any atom is 0.276 e. The van der Waals surface area contributed by atoms with E-state index in [1.54, 1.807) is 7.05 Å². The number of anilines is 1. The lowest BCUT2D eigenvalue weighted by atomic mass is 10.0. The van der Waals surface area contributed by atoms with Crippen molar-refractivity contribution in [3.05, 3.63) is 21.1 Å². The number of aryl methyl sites for hydroxylation is 1. The number of aromatic amines is 1. The molecular formula is C12H15ClN4O5. The Bertz CT molecular complexity index is 788. The minimum Gasteiger partial charge on any atom is -0.394 e. The molecule has 1 aliphatic rings. The fourth-order valence-electron chi connectivity index (χ4n) is 2.75. The fraction of sp³-hybridized carbons (Fsp3) is 0.500. The molecule has 3 rings (SSSR count). The summed E-state index contributed by atoms with van der Waals surface area (Å²) in [5.74, 6) is -0.104. The molecule has 10 heteroatoms. The van der Waals surface area contributed by atoms with E-state index in [-0.39, 0.29) is 27.7 Å². The van der Waals surface area contributed by atoms with Crippen LogP contribution in [0.1, 0.15) is 11.7 Å². The van der Waals surface area contributed by atoms with Crippen LogP contribution in [0.15, 0.2) is 4.79 Å². The summed E-state index contributed by atoms with van der Waals surface area (Å²) < 4.78 is 6.86. The van der Waals surface area contributed by atoms with E-state index in [2.05, 4.69) is 9.97 Å². The SMILES string of the molecule is Cn1c(Cl)c([C@@H]2O[C@H](CO)[C@@H](O)[C@H]2O)c2nc(N)[nH]c(=O)c21. The molecule has 9 nitrogen and oxygen atoms in total. The molecular weight excluding hydrogens is 316 g/mol. The van der Waals surface area contributed by atoms with E-state index < -0.39 is 36.6 Å². The van der Waals surface area contributed by atoms with E-state index in [1.807, 2.05) is 0 Å². The maximum atomic E-state index is 12.0. The number of nitrogen functional groups attached to an aromatic ring is 1. The van der Waals surface area contributed by atoms with Crippen LogP contribution in [-0.2, 0) is 11.8 Å². The van der Waals surface area contributed by atoms with Crippen molar-refractivity contribution in [1.82, 2.24) is 14.5 Å². The Morgan fingerprint density at radius 3 is 2.73 bits per heavy atom. The molecule has 2 aromatic heterocycles. The number of nitrogens with two attached hydrogens (primary N) is 1. The van der Waals surface area contributed by atoms with Crippen molar-refractivity contribution in [1.29, 1.82) is 0 Å². The first-order valence-electron chi connectivity index (χ1n) is 6.52. The molecule has 120 valence electrons. The van der Waals surface area contributed by atoms with E-state index >= 15 is 0 Å². The van der Waals surface area contributed by atoms with Crippen LogP contribution in [0.3, 0.4) is 0 Å². The van der Waals surface area contributed by atoms with Gasteiger partial charge in [-0.3, -0.25) is 9.78 Å². The second-order valence-electron chi connectivity index (χ2n) is 5.17. The number of hydrogen-bond acceptors (Lipinski definition) is 7. The molecule has 0 saturated carbocycles. The third kappa shape index (κ3) is 2.02. The Morgan fingerprint density at radius 2 is 2.14 bits per heavy atom. The standard InChI is InChI=1S/C12H15ClN4O5/c1-17-6-5(15-12(14)16-11(6)21)4(10(17)13)9-8(20)7(19)3(2-18)22-9/h3,7-9,18-20H,2H2,1H3,(H3,14,15,16,21)/t3-,7-,8-,9+/m1/s1. The Hall–Kier alpha value is -1.65. The van der Waals surface area contributed by atoms with Crippen LogP contribution in [-0.4, -0.2) is 54.8 Å². The Balaban J connectivity index is 2.24. The average Bonchev–Trinajstić information content (AvgIpc) is 2.87. The molecule has 1 saturated heterocycles. The van der Waals surface area contributed by atoms with Crippen molar-refractivity contribution in [2.45, 2.75) is 24.4 Å². The number of rotatable bonds is 2. The molecule has 3 heterocycles. The minimum absolute atomic E-state index is 0.104. The summed E-state index contributed by atoms with van der Waals surface area (Å²) in [6, 6.07) is 0. The molecule has 0 amide bonds. The zero-order valence-electron chi connectivity index (χ0n) is 11.5. The van der Waals surface area contributed by atoms with Crippen molar-refractivity contribution in [2.75, 3.05) is 12.3 Å². The van der Waals surface area contributed by atoms with Crippen LogP contribution in [0.2, 0.25) is 5.15 Å². The highest BCUT2D eigenvalue weighted by Crippen LogP contribution is 2.40. The summed E-state index contributed by atoms with van der Waals surface area (Å²) in [4.78, 5) is 18.4. The van der Waals surface area contributed by atoms with Gasteiger partial charge >= 0.3 is 0 Å². The van der Waals surface area contributed by atoms with Crippen molar-refractivity contribution in [3.63, 3.8) is 0 Å². The van der Waals surface area contributed by atoms with Gasteiger partial charge in [0.25, 0.3) is 5.56 Å². The minimum atomic E-state index is -1.32. The van der Waals surface area contributed by atoms with Crippen molar-refractivity contribution in [2.24, 2.45) is 7.05 Å². The number of aromatic nitrogens is 3. The molecule has 22 heavy (non-hydrogen) atoms. The van der Waals surface area contributed by atoms with Gasteiger partial charge in [-0.15, -0.1) is 0 Å². The number of ether oxygens (including phenoxy) is 1. The predicted molar refractivity (Wildman–Crippen MR) is 77.5 cm³/mol. The van der Waals surface area contributed by atoms with Gasteiger partial charge in [0.2, 0.25) is 5.95 Å². The van der Waals surface area contributed by atoms with Crippen LogP contribution >= 0.6 is 11.6 Å².